The second-order valence-electron chi connectivity index (χ2n) is 4.42. The van der Waals surface area contributed by atoms with Gasteiger partial charge in [0.05, 0.1) is 0 Å². The van der Waals surface area contributed by atoms with Crippen molar-refractivity contribution in [2.24, 2.45) is 5.92 Å². The largest absolute Gasteiger partial charge is 0.342 e. The smallest absolute Gasteiger partial charge is 0.226 e. The van der Waals surface area contributed by atoms with E-state index in [9.17, 15) is 4.79 Å². The number of hydrogen-bond acceptors (Lipinski definition) is 1. The van der Waals surface area contributed by atoms with Gasteiger partial charge in [0.15, 0.2) is 0 Å². The normalized spacial score (nSPS) is 17.4. The second kappa shape index (κ2) is 5.15. The molecule has 1 atom stereocenters. The molecule has 1 radical (unpaired) electrons. The molecule has 2 nitrogen and oxygen atoms in total. The molecule has 2 heteroatoms. The maximum absolute atomic E-state index is 12.0. The van der Waals surface area contributed by atoms with Crippen molar-refractivity contribution in [2.75, 3.05) is 13.1 Å². The van der Waals surface area contributed by atoms with Crippen LogP contribution in [-0.4, -0.2) is 23.9 Å². The fourth-order valence-electron chi connectivity index (χ4n) is 2.18. The summed E-state index contributed by atoms with van der Waals surface area (Å²) >= 11 is 0. The van der Waals surface area contributed by atoms with Crippen molar-refractivity contribution in [3.8, 4) is 0 Å². The topological polar surface area (TPSA) is 20.3 Å². The van der Waals surface area contributed by atoms with Gasteiger partial charge in [-0.1, -0.05) is 30.3 Å². The first-order valence-corrected chi connectivity index (χ1v) is 5.93. The molecule has 0 aliphatic carbocycles. The van der Waals surface area contributed by atoms with Crippen LogP contribution in [0.2, 0.25) is 0 Å². The van der Waals surface area contributed by atoms with Gasteiger partial charge in [-0.3, -0.25) is 4.79 Å². The minimum absolute atomic E-state index is 0.138. The van der Waals surface area contributed by atoms with Gasteiger partial charge in [-0.25, -0.2) is 0 Å². The molecule has 0 N–H and O–H groups in total. The van der Waals surface area contributed by atoms with Gasteiger partial charge >= 0.3 is 0 Å². The Bertz CT molecular complexity index is 341. The van der Waals surface area contributed by atoms with Gasteiger partial charge in [-0.05, 0) is 31.7 Å². The molecule has 1 saturated heterocycles. The van der Waals surface area contributed by atoms with Crippen molar-refractivity contribution in [2.45, 2.75) is 19.3 Å². The van der Waals surface area contributed by atoms with Crippen molar-refractivity contribution in [1.29, 1.82) is 0 Å². The minimum Gasteiger partial charge on any atom is -0.342 e. The molecular formula is C14H18NO. The van der Waals surface area contributed by atoms with E-state index in [0.717, 1.165) is 32.4 Å². The molecule has 1 aliphatic heterocycles. The molecule has 0 saturated carbocycles. The molecule has 2 rings (SSSR count). The van der Waals surface area contributed by atoms with Crippen LogP contribution >= 0.6 is 0 Å². The summed E-state index contributed by atoms with van der Waals surface area (Å²) in [5.74, 6) is 0.0712. The van der Waals surface area contributed by atoms with Gasteiger partial charge < -0.3 is 4.90 Å². The Kier molecular flexibility index (Phi) is 3.60. The average Bonchev–Trinajstić information content (AvgIpc) is 2.83. The maximum Gasteiger partial charge on any atom is 0.226 e. The van der Waals surface area contributed by atoms with Gasteiger partial charge in [0, 0.05) is 19.0 Å². The fourth-order valence-corrected chi connectivity index (χ4v) is 2.18. The van der Waals surface area contributed by atoms with Gasteiger partial charge in [0.25, 0.3) is 0 Å². The molecule has 1 amide bonds. The molecule has 85 valence electrons. The van der Waals surface area contributed by atoms with E-state index in [-0.39, 0.29) is 11.8 Å². The number of carbonyl (C=O) groups is 1. The van der Waals surface area contributed by atoms with Crippen LogP contribution < -0.4 is 0 Å². The lowest BCUT2D eigenvalue weighted by Gasteiger charge is -2.20. The van der Waals surface area contributed by atoms with Crippen LogP contribution in [0.1, 0.15) is 18.4 Å². The molecule has 0 aromatic heterocycles. The molecule has 0 spiro atoms. The summed E-state index contributed by atoms with van der Waals surface area (Å²) in [4.78, 5) is 14.0. The van der Waals surface area contributed by atoms with Gasteiger partial charge in [-0.15, -0.1) is 0 Å². The Balaban J connectivity index is 1.92. The first-order chi connectivity index (χ1) is 7.77. The summed E-state index contributed by atoms with van der Waals surface area (Å²) in [6, 6.07) is 10.1. The Labute approximate surface area is 97.3 Å². The number of benzene rings is 1. The Morgan fingerprint density at radius 1 is 1.25 bits per heavy atom. The highest BCUT2D eigenvalue weighted by molar-refractivity contribution is 5.80. The third-order valence-corrected chi connectivity index (χ3v) is 3.09. The highest BCUT2D eigenvalue weighted by atomic mass is 16.2. The van der Waals surface area contributed by atoms with E-state index in [1.54, 1.807) is 0 Å². The molecule has 1 unspecified atom stereocenters. The third-order valence-electron chi connectivity index (χ3n) is 3.09. The lowest BCUT2D eigenvalue weighted by Crippen LogP contribution is -2.33. The number of amides is 1. The number of rotatable bonds is 3. The Morgan fingerprint density at radius 2 is 1.88 bits per heavy atom. The Morgan fingerprint density at radius 3 is 2.50 bits per heavy atom. The molecule has 0 bridgehead atoms. The predicted octanol–water partition coefficient (Wildman–Crippen LogP) is 2.30. The van der Waals surface area contributed by atoms with E-state index in [2.05, 4.69) is 19.1 Å². The van der Waals surface area contributed by atoms with Crippen molar-refractivity contribution in [1.82, 2.24) is 4.90 Å². The van der Waals surface area contributed by atoms with E-state index in [1.807, 2.05) is 23.1 Å². The van der Waals surface area contributed by atoms with Crippen LogP contribution in [0.5, 0.6) is 0 Å². The van der Waals surface area contributed by atoms with E-state index >= 15 is 0 Å². The number of likely N-dealkylation sites (tertiary alicyclic amines) is 1. The highest BCUT2D eigenvalue weighted by Gasteiger charge is 2.23. The quantitative estimate of drug-likeness (QED) is 0.759. The predicted molar refractivity (Wildman–Crippen MR) is 64.8 cm³/mol. The van der Waals surface area contributed by atoms with Crippen LogP contribution in [0.4, 0.5) is 0 Å². The van der Waals surface area contributed by atoms with Crippen molar-refractivity contribution >= 4 is 5.91 Å². The summed E-state index contributed by atoms with van der Waals surface area (Å²) in [5.41, 5.74) is 1.19. The van der Waals surface area contributed by atoms with Crippen molar-refractivity contribution in [3.63, 3.8) is 0 Å². The summed E-state index contributed by atoms with van der Waals surface area (Å²) in [6.07, 6.45) is 3.03. The van der Waals surface area contributed by atoms with E-state index < -0.39 is 0 Å². The lowest BCUT2D eigenvalue weighted by atomic mass is 10.00. The maximum atomic E-state index is 12.0. The van der Waals surface area contributed by atoms with Crippen molar-refractivity contribution < 1.29 is 4.79 Å². The molecule has 1 aliphatic rings. The SMILES string of the molecule is [CH2]C(Cc1ccccc1)C(=O)N1CCCC1. The summed E-state index contributed by atoms with van der Waals surface area (Å²) < 4.78 is 0. The lowest BCUT2D eigenvalue weighted by molar-refractivity contribution is -0.133. The Hall–Kier alpha value is -1.31. The number of carbonyl (C=O) groups excluding carboxylic acids is 1. The monoisotopic (exact) mass is 216 g/mol. The van der Waals surface area contributed by atoms with Crippen LogP contribution in [0.25, 0.3) is 0 Å². The van der Waals surface area contributed by atoms with Gasteiger partial charge in [0.1, 0.15) is 0 Å². The van der Waals surface area contributed by atoms with Crippen LogP contribution in [-0.2, 0) is 11.2 Å². The van der Waals surface area contributed by atoms with Gasteiger partial charge in [-0.2, -0.15) is 0 Å². The molecule has 1 heterocycles. The minimum atomic E-state index is -0.138. The van der Waals surface area contributed by atoms with E-state index in [4.69, 9.17) is 0 Å². The molecule has 1 fully saturated rings. The summed E-state index contributed by atoms with van der Waals surface area (Å²) in [5, 5.41) is 0. The van der Waals surface area contributed by atoms with E-state index in [1.165, 1.54) is 5.56 Å². The summed E-state index contributed by atoms with van der Waals surface area (Å²) in [7, 11) is 0. The first kappa shape index (κ1) is 11.2. The van der Waals surface area contributed by atoms with Crippen molar-refractivity contribution in [3.05, 3.63) is 42.8 Å². The molecule has 16 heavy (non-hydrogen) atoms. The zero-order valence-electron chi connectivity index (χ0n) is 9.56. The average molecular weight is 216 g/mol. The van der Waals surface area contributed by atoms with Crippen LogP contribution in [0.15, 0.2) is 30.3 Å². The second-order valence-corrected chi connectivity index (χ2v) is 4.42. The zero-order chi connectivity index (χ0) is 11.4. The highest BCUT2D eigenvalue weighted by Crippen LogP contribution is 2.15. The first-order valence-electron chi connectivity index (χ1n) is 5.93. The standard InChI is InChI=1S/C14H18NO/c1-12(11-13-7-3-2-4-8-13)14(16)15-9-5-6-10-15/h2-4,7-8,12H,1,5-6,9-11H2. The number of hydrogen-bond donors (Lipinski definition) is 0. The zero-order valence-corrected chi connectivity index (χ0v) is 9.56. The third kappa shape index (κ3) is 2.63. The van der Waals surface area contributed by atoms with Crippen LogP contribution in [0.3, 0.4) is 0 Å². The number of nitrogens with zero attached hydrogens (tertiary/aromatic N) is 1. The van der Waals surface area contributed by atoms with Crippen LogP contribution in [0, 0.1) is 12.8 Å². The van der Waals surface area contributed by atoms with E-state index in [0.29, 0.717) is 0 Å². The molecule has 1 aromatic carbocycles. The summed E-state index contributed by atoms with van der Waals surface area (Å²) in [6.45, 7) is 5.82. The molecular weight excluding hydrogens is 198 g/mol. The fraction of sp³-hybridized carbons (Fsp3) is 0.429. The molecule has 1 aromatic rings. The van der Waals surface area contributed by atoms with Gasteiger partial charge in [0.2, 0.25) is 5.91 Å².